The van der Waals surface area contributed by atoms with E-state index in [2.05, 4.69) is 37.4 Å². The molecule has 25 heavy (non-hydrogen) atoms. The average Bonchev–Trinajstić information content (AvgIpc) is 3.39. The number of hydrogen-bond acceptors (Lipinski definition) is 6. The van der Waals surface area contributed by atoms with Crippen LogP contribution in [0.4, 0.5) is 11.4 Å². The summed E-state index contributed by atoms with van der Waals surface area (Å²) in [7, 11) is 0. The Bertz CT molecular complexity index is 730. The maximum absolute atomic E-state index is 12.0. The first-order chi connectivity index (χ1) is 12.2. The van der Waals surface area contributed by atoms with Crippen LogP contribution in [-0.2, 0) is 11.2 Å². The van der Waals surface area contributed by atoms with Gasteiger partial charge in [0.25, 0.3) is 0 Å². The Hall–Kier alpha value is -2.41. The van der Waals surface area contributed by atoms with Gasteiger partial charge in [0.2, 0.25) is 11.8 Å². The number of aryl methyl sites for hydroxylation is 1. The first kappa shape index (κ1) is 16.1. The van der Waals surface area contributed by atoms with Gasteiger partial charge >= 0.3 is 0 Å². The number of aromatic nitrogens is 2. The van der Waals surface area contributed by atoms with Gasteiger partial charge in [0.15, 0.2) is 5.82 Å². The topological polar surface area (TPSA) is 74.5 Å². The van der Waals surface area contributed by atoms with Crippen LogP contribution in [-0.4, -0.2) is 53.2 Å². The molecule has 4 rings (SSSR count). The number of nitrogens with zero attached hydrogens (tertiary/aromatic N) is 4. The van der Waals surface area contributed by atoms with Crippen LogP contribution in [0, 0.1) is 6.92 Å². The Balaban J connectivity index is 1.30. The van der Waals surface area contributed by atoms with Crippen molar-refractivity contribution in [2.24, 2.45) is 0 Å². The summed E-state index contributed by atoms with van der Waals surface area (Å²) >= 11 is 0. The molecule has 0 spiro atoms. The van der Waals surface area contributed by atoms with Crippen molar-refractivity contribution in [3.8, 4) is 0 Å². The molecular formula is C18H23N5O2. The van der Waals surface area contributed by atoms with Gasteiger partial charge in [-0.1, -0.05) is 5.16 Å². The van der Waals surface area contributed by atoms with Crippen LogP contribution in [0.25, 0.3) is 0 Å². The van der Waals surface area contributed by atoms with Crippen molar-refractivity contribution in [2.45, 2.75) is 32.2 Å². The minimum atomic E-state index is -0.147. The van der Waals surface area contributed by atoms with E-state index in [0.29, 0.717) is 11.7 Å². The summed E-state index contributed by atoms with van der Waals surface area (Å²) in [6, 6.07) is 8.88. The zero-order chi connectivity index (χ0) is 17.2. The molecule has 2 fully saturated rings. The van der Waals surface area contributed by atoms with Gasteiger partial charge in [0, 0.05) is 50.5 Å². The number of carbonyl (C=O) groups is 1. The highest BCUT2D eigenvalue weighted by Gasteiger charge is 2.31. The second-order valence-electron chi connectivity index (χ2n) is 6.76. The highest BCUT2D eigenvalue weighted by atomic mass is 16.5. The third-order valence-electron chi connectivity index (χ3n) is 4.78. The van der Waals surface area contributed by atoms with Gasteiger partial charge in [-0.3, -0.25) is 9.69 Å². The van der Waals surface area contributed by atoms with E-state index >= 15 is 0 Å². The lowest BCUT2D eigenvalue weighted by atomic mass is 10.2. The summed E-state index contributed by atoms with van der Waals surface area (Å²) in [6.45, 7) is 6.14. The number of benzene rings is 1. The summed E-state index contributed by atoms with van der Waals surface area (Å²) in [5, 5.41) is 6.61. The van der Waals surface area contributed by atoms with Crippen LogP contribution in [0.15, 0.2) is 28.8 Å². The maximum Gasteiger partial charge on any atom is 0.232 e. The van der Waals surface area contributed by atoms with E-state index < -0.39 is 0 Å². The van der Waals surface area contributed by atoms with Crippen LogP contribution in [0.1, 0.15) is 24.6 Å². The van der Waals surface area contributed by atoms with Crippen molar-refractivity contribution >= 4 is 17.3 Å². The molecule has 132 valence electrons. The van der Waals surface area contributed by atoms with Gasteiger partial charge in [0.1, 0.15) is 0 Å². The molecule has 0 radical (unpaired) electrons. The Morgan fingerprint density at radius 1 is 1.20 bits per heavy atom. The quantitative estimate of drug-likeness (QED) is 0.894. The Morgan fingerprint density at radius 2 is 1.92 bits per heavy atom. The van der Waals surface area contributed by atoms with Gasteiger partial charge in [-0.25, -0.2) is 0 Å². The average molecular weight is 341 g/mol. The fourth-order valence-corrected chi connectivity index (χ4v) is 3.30. The lowest BCUT2D eigenvalue weighted by molar-refractivity contribution is -0.115. The summed E-state index contributed by atoms with van der Waals surface area (Å²) in [6.07, 6.45) is 2.86. The number of carbonyl (C=O) groups excluding carboxylic acids is 1. The standard InChI is InChI=1S/C18H23N5O2/c1-13-19-17(21-25-13)12-18(24)20-14-2-4-15(5-3-14)22-8-10-23(11-9-22)16-6-7-16/h2-5,16H,6-12H2,1H3,(H,20,24). The molecule has 1 aliphatic carbocycles. The van der Waals surface area contributed by atoms with Crippen molar-refractivity contribution in [2.75, 3.05) is 36.4 Å². The molecule has 7 heteroatoms. The van der Waals surface area contributed by atoms with E-state index in [0.717, 1.165) is 37.9 Å². The lowest BCUT2D eigenvalue weighted by Gasteiger charge is -2.36. The third kappa shape index (κ3) is 3.99. The fraction of sp³-hybridized carbons (Fsp3) is 0.500. The minimum Gasteiger partial charge on any atom is -0.369 e. The first-order valence-electron chi connectivity index (χ1n) is 8.85. The Labute approximate surface area is 147 Å². The van der Waals surface area contributed by atoms with E-state index in [1.54, 1.807) is 6.92 Å². The van der Waals surface area contributed by atoms with Gasteiger partial charge in [-0.2, -0.15) is 4.98 Å². The molecule has 1 amide bonds. The van der Waals surface area contributed by atoms with Crippen LogP contribution in [0.3, 0.4) is 0 Å². The first-order valence-corrected chi connectivity index (χ1v) is 8.85. The van der Waals surface area contributed by atoms with Crippen LogP contribution < -0.4 is 10.2 Å². The molecule has 1 N–H and O–H groups in total. The molecule has 1 aliphatic heterocycles. The smallest absolute Gasteiger partial charge is 0.232 e. The Morgan fingerprint density at radius 3 is 2.52 bits per heavy atom. The van der Waals surface area contributed by atoms with E-state index in [-0.39, 0.29) is 12.3 Å². The largest absolute Gasteiger partial charge is 0.369 e. The summed E-state index contributed by atoms with van der Waals surface area (Å²) in [5.41, 5.74) is 1.99. The number of hydrogen-bond donors (Lipinski definition) is 1. The van der Waals surface area contributed by atoms with Crippen molar-refractivity contribution in [1.82, 2.24) is 15.0 Å². The third-order valence-corrected chi connectivity index (χ3v) is 4.78. The van der Waals surface area contributed by atoms with Crippen molar-refractivity contribution in [3.63, 3.8) is 0 Å². The van der Waals surface area contributed by atoms with Crippen molar-refractivity contribution in [3.05, 3.63) is 36.0 Å². The molecule has 1 saturated carbocycles. The number of rotatable bonds is 5. The van der Waals surface area contributed by atoms with Gasteiger partial charge < -0.3 is 14.7 Å². The summed E-state index contributed by atoms with van der Waals surface area (Å²) < 4.78 is 4.87. The lowest BCUT2D eigenvalue weighted by Crippen LogP contribution is -2.47. The summed E-state index contributed by atoms with van der Waals surface area (Å²) in [4.78, 5) is 21.1. The molecule has 1 aromatic carbocycles. The molecule has 2 heterocycles. The predicted octanol–water partition coefficient (Wildman–Crippen LogP) is 1.84. The highest BCUT2D eigenvalue weighted by molar-refractivity contribution is 5.91. The molecule has 7 nitrogen and oxygen atoms in total. The van der Waals surface area contributed by atoms with Crippen molar-refractivity contribution in [1.29, 1.82) is 0 Å². The maximum atomic E-state index is 12.0. The number of piperazine rings is 1. The number of nitrogens with one attached hydrogen (secondary N) is 1. The van der Waals surface area contributed by atoms with E-state index in [4.69, 9.17) is 4.52 Å². The summed E-state index contributed by atoms with van der Waals surface area (Å²) in [5.74, 6) is 0.723. The predicted molar refractivity (Wildman–Crippen MR) is 94.6 cm³/mol. The Kier molecular flexibility index (Phi) is 4.40. The second kappa shape index (κ2) is 6.84. The van der Waals surface area contributed by atoms with Crippen LogP contribution in [0.2, 0.25) is 0 Å². The molecule has 0 atom stereocenters. The minimum absolute atomic E-state index is 0.113. The molecule has 2 aromatic rings. The zero-order valence-electron chi connectivity index (χ0n) is 14.4. The normalized spacial score (nSPS) is 18.4. The van der Waals surface area contributed by atoms with Gasteiger partial charge in [0.05, 0.1) is 6.42 Å². The molecule has 2 aliphatic rings. The number of anilines is 2. The van der Waals surface area contributed by atoms with E-state index in [1.165, 1.54) is 18.5 Å². The second-order valence-corrected chi connectivity index (χ2v) is 6.76. The van der Waals surface area contributed by atoms with Crippen LogP contribution >= 0.6 is 0 Å². The molecule has 0 bridgehead atoms. The molecule has 0 unspecified atom stereocenters. The monoisotopic (exact) mass is 341 g/mol. The molecular weight excluding hydrogens is 318 g/mol. The van der Waals surface area contributed by atoms with E-state index in [1.807, 2.05) is 12.1 Å². The molecule has 1 aromatic heterocycles. The van der Waals surface area contributed by atoms with Gasteiger partial charge in [-0.15, -0.1) is 0 Å². The van der Waals surface area contributed by atoms with Crippen LogP contribution in [0.5, 0.6) is 0 Å². The zero-order valence-corrected chi connectivity index (χ0v) is 14.4. The number of amides is 1. The van der Waals surface area contributed by atoms with Gasteiger partial charge in [-0.05, 0) is 37.1 Å². The SMILES string of the molecule is Cc1nc(CC(=O)Nc2ccc(N3CCN(C4CC4)CC3)cc2)no1. The molecule has 1 saturated heterocycles. The highest BCUT2D eigenvalue weighted by Crippen LogP contribution is 2.28. The van der Waals surface area contributed by atoms with E-state index in [9.17, 15) is 4.79 Å². The fourth-order valence-electron chi connectivity index (χ4n) is 3.30. The van der Waals surface area contributed by atoms with Crippen molar-refractivity contribution < 1.29 is 9.32 Å².